The first kappa shape index (κ1) is 11.6. The predicted octanol–water partition coefficient (Wildman–Crippen LogP) is 1.28. The quantitative estimate of drug-likeness (QED) is 0.823. The third kappa shape index (κ3) is 2.44. The minimum atomic E-state index is -0.670. The smallest absolute Gasteiger partial charge is 0.111 e. The number of hydrogen-bond acceptors (Lipinski definition) is 3. The van der Waals surface area contributed by atoms with E-state index in [1.807, 2.05) is 31.7 Å². The van der Waals surface area contributed by atoms with Crippen LogP contribution in [0.5, 0.6) is 0 Å². The molecule has 2 atom stereocenters. The lowest BCUT2D eigenvalue weighted by atomic mass is 9.84. The van der Waals surface area contributed by atoms with Gasteiger partial charge in [-0.05, 0) is 13.8 Å². The summed E-state index contributed by atoms with van der Waals surface area (Å²) >= 11 is 0. The Kier molecular flexibility index (Phi) is 3.04. The summed E-state index contributed by atoms with van der Waals surface area (Å²) < 4.78 is 7.60. The fraction of sp³-hybridized carbons (Fsp3) is 0.750. The summed E-state index contributed by atoms with van der Waals surface area (Å²) in [6, 6.07) is 0. The number of ether oxygens (including phenoxy) is 1. The molecule has 0 aromatic carbocycles. The molecular weight excluding hydrogens is 204 g/mol. The van der Waals surface area contributed by atoms with Crippen LogP contribution in [0, 0.1) is 0 Å². The summed E-state index contributed by atoms with van der Waals surface area (Å²) in [5, 5.41) is 10.6. The zero-order chi connectivity index (χ0) is 11.8. The van der Waals surface area contributed by atoms with Gasteiger partial charge in [-0.2, -0.15) is 0 Å². The lowest BCUT2D eigenvalue weighted by Crippen LogP contribution is -2.45. The molecule has 0 saturated carbocycles. The molecule has 0 spiro atoms. The highest BCUT2D eigenvalue weighted by Gasteiger charge is 2.37. The summed E-state index contributed by atoms with van der Waals surface area (Å²) in [4.78, 5) is 4.27. The summed E-state index contributed by atoms with van der Waals surface area (Å²) in [6.07, 6.45) is 5.89. The van der Waals surface area contributed by atoms with Crippen molar-refractivity contribution in [2.24, 2.45) is 7.05 Å². The van der Waals surface area contributed by atoms with E-state index in [4.69, 9.17) is 4.74 Å². The molecule has 2 heterocycles. The molecule has 1 N–H and O–H groups in total. The molecule has 0 radical (unpaired) electrons. The maximum atomic E-state index is 10.6. The highest BCUT2D eigenvalue weighted by Crippen LogP contribution is 2.31. The molecule has 4 heteroatoms. The van der Waals surface area contributed by atoms with Gasteiger partial charge in [0.2, 0.25) is 0 Å². The van der Waals surface area contributed by atoms with E-state index in [9.17, 15) is 5.11 Å². The number of imidazole rings is 1. The van der Waals surface area contributed by atoms with Crippen LogP contribution in [0.15, 0.2) is 12.4 Å². The van der Waals surface area contributed by atoms with Gasteiger partial charge in [-0.1, -0.05) is 0 Å². The Morgan fingerprint density at radius 1 is 1.50 bits per heavy atom. The molecule has 0 aliphatic carbocycles. The third-order valence-electron chi connectivity index (χ3n) is 3.21. The lowest BCUT2D eigenvalue weighted by Gasteiger charge is -2.38. The second-order valence-electron chi connectivity index (χ2n) is 5.02. The molecule has 2 unspecified atom stereocenters. The molecule has 1 fully saturated rings. The average molecular weight is 224 g/mol. The molecule has 1 aromatic heterocycles. The number of rotatable bonds is 2. The van der Waals surface area contributed by atoms with Crippen molar-refractivity contribution in [2.75, 3.05) is 0 Å². The minimum Gasteiger partial charge on any atom is -0.389 e. The normalized spacial score (nSPS) is 35.2. The van der Waals surface area contributed by atoms with Gasteiger partial charge in [-0.25, -0.2) is 4.98 Å². The Hall–Kier alpha value is -0.870. The minimum absolute atomic E-state index is 0.119. The van der Waals surface area contributed by atoms with Crippen molar-refractivity contribution in [1.29, 1.82) is 0 Å². The lowest BCUT2D eigenvalue weighted by molar-refractivity contribution is -0.131. The van der Waals surface area contributed by atoms with Crippen LogP contribution in [0.25, 0.3) is 0 Å². The maximum absolute atomic E-state index is 10.6. The fourth-order valence-electron chi connectivity index (χ4n) is 2.65. The maximum Gasteiger partial charge on any atom is 0.111 e. The number of aromatic nitrogens is 2. The van der Waals surface area contributed by atoms with Gasteiger partial charge in [0.1, 0.15) is 5.82 Å². The van der Waals surface area contributed by atoms with Crippen molar-refractivity contribution >= 4 is 0 Å². The molecule has 1 aromatic rings. The number of aryl methyl sites for hydroxylation is 1. The molecule has 1 saturated heterocycles. The summed E-state index contributed by atoms with van der Waals surface area (Å²) in [5.74, 6) is 0.934. The standard InChI is InChI=1S/C12H20N2O2/c1-9-6-12(15,7-10(2)16-9)8-11-13-4-5-14(11)3/h4-5,9-10,15H,6-8H2,1-3H3. The highest BCUT2D eigenvalue weighted by atomic mass is 16.5. The van der Waals surface area contributed by atoms with Gasteiger partial charge in [0.25, 0.3) is 0 Å². The second kappa shape index (κ2) is 4.18. The molecule has 1 aliphatic heterocycles. The van der Waals surface area contributed by atoms with Crippen LogP contribution < -0.4 is 0 Å². The van der Waals surface area contributed by atoms with E-state index in [0.29, 0.717) is 19.3 Å². The third-order valence-corrected chi connectivity index (χ3v) is 3.21. The van der Waals surface area contributed by atoms with Crippen LogP contribution in [0.3, 0.4) is 0 Å². The largest absolute Gasteiger partial charge is 0.389 e. The Balaban J connectivity index is 2.10. The van der Waals surface area contributed by atoms with Crippen molar-refractivity contribution in [3.8, 4) is 0 Å². The van der Waals surface area contributed by atoms with Crippen molar-refractivity contribution in [1.82, 2.24) is 9.55 Å². The Bertz CT molecular complexity index is 352. The Morgan fingerprint density at radius 2 is 2.12 bits per heavy atom. The van der Waals surface area contributed by atoms with Crippen molar-refractivity contribution in [2.45, 2.75) is 50.9 Å². The topological polar surface area (TPSA) is 47.3 Å². The van der Waals surface area contributed by atoms with Crippen molar-refractivity contribution in [3.05, 3.63) is 18.2 Å². The van der Waals surface area contributed by atoms with Crippen LogP contribution in [-0.4, -0.2) is 32.5 Å². The molecule has 0 amide bonds. The summed E-state index contributed by atoms with van der Waals surface area (Å²) in [6.45, 7) is 4.03. The first-order valence-electron chi connectivity index (χ1n) is 5.82. The van der Waals surface area contributed by atoms with Crippen molar-refractivity contribution in [3.63, 3.8) is 0 Å². The Labute approximate surface area is 96.3 Å². The molecule has 2 rings (SSSR count). The Morgan fingerprint density at radius 3 is 2.62 bits per heavy atom. The van der Waals surface area contributed by atoms with E-state index >= 15 is 0 Å². The first-order chi connectivity index (χ1) is 7.48. The first-order valence-corrected chi connectivity index (χ1v) is 5.82. The molecule has 1 aliphatic rings. The monoisotopic (exact) mass is 224 g/mol. The van der Waals surface area contributed by atoms with E-state index in [1.165, 1.54) is 0 Å². The van der Waals surface area contributed by atoms with Gasteiger partial charge in [-0.3, -0.25) is 0 Å². The van der Waals surface area contributed by atoms with Gasteiger partial charge in [0, 0.05) is 38.7 Å². The van der Waals surface area contributed by atoms with Gasteiger partial charge in [0.15, 0.2) is 0 Å². The number of aliphatic hydroxyl groups is 1. The van der Waals surface area contributed by atoms with Gasteiger partial charge >= 0.3 is 0 Å². The van der Waals surface area contributed by atoms with Crippen molar-refractivity contribution < 1.29 is 9.84 Å². The van der Waals surface area contributed by atoms with Gasteiger partial charge in [0.05, 0.1) is 17.8 Å². The SMILES string of the molecule is CC1CC(O)(Cc2nccn2C)CC(C)O1. The van der Waals surface area contributed by atoms with E-state index in [2.05, 4.69) is 4.98 Å². The molecular formula is C12H20N2O2. The van der Waals surface area contributed by atoms with Gasteiger partial charge < -0.3 is 14.4 Å². The second-order valence-corrected chi connectivity index (χ2v) is 5.02. The molecule has 16 heavy (non-hydrogen) atoms. The van der Waals surface area contributed by atoms with E-state index in [1.54, 1.807) is 6.20 Å². The van der Waals surface area contributed by atoms with E-state index < -0.39 is 5.60 Å². The van der Waals surface area contributed by atoms with Crippen LogP contribution in [0.2, 0.25) is 0 Å². The number of hydrogen-bond donors (Lipinski definition) is 1. The van der Waals surface area contributed by atoms with Crippen LogP contribution in [0.4, 0.5) is 0 Å². The zero-order valence-electron chi connectivity index (χ0n) is 10.2. The van der Waals surface area contributed by atoms with Gasteiger partial charge in [-0.15, -0.1) is 0 Å². The van der Waals surface area contributed by atoms with Crippen LogP contribution in [0.1, 0.15) is 32.5 Å². The van der Waals surface area contributed by atoms with Crippen LogP contribution in [-0.2, 0) is 18.2 Å². The fourth-order valence-corrected chi connectivity index (χ4v) is 2.65. The molecule has 4 nitrogen and oxygen atoms in total. The van der Waals surface area contributed by atoms with E-state index in [0.717, 1.165) is 5.82 Å². The highest BCUT2D eigenvalue weighted by molar-refractivity contribution is 5.00. The van der Waals surface area contributed by atoms with Crippen LogP contribution >= 0.6 is 0 Å². The number of nitrogens with zero attached hydrogens (tertiary/aromatic N) is 2. The zero-order valence-corrected chi connectivity index (χ0v) is 10.2. The summed E-state index contributed by atoms with van der Waals surface area (Å²) in [7, 11) is 1.96. The molecule has 0 bridgehead atoms. The molecule has 90 valence electrons. The average Bonchev–Trinajstić information content (AvgIpc) is 2.48. The summed E-state index contributed by atoms with van der Waals surface area (Å²) in [5.41, 5.74) is -0.670. The predicted molar refractivity (Wildman–Crippen MR) is 61.1 cm³/mol. The van der Waals surface area contributed by atoms with E-state index in [-0.39, 0.29) is 12.2 Å².